The van der Waals surface area contributed by atoms with Gasteiger partial charge < -0.3 is 0 Å². The van der Waals surface area contributed by atoms with Crippen LogP contribution in [0.1, 0.15) is 30.2 Å². The molecule has 0 amide bonds. The zero-order valence-corrected chi connectivity index (χ0v) is 9.04. The molecule has 0 atom stereocenters. The Balaban J connectivity index is 2.64. The third-order valence-corrected chi connectivity index (χ3v) is 3.36. The normalized spacial score (nSPS) is 14.7. The number of aromatic nitrogens is 1. The average Bonchev–Trinajstić information content (AvgIpc) is 2.54. The first kappa shape index (κ1) is 9.29. The van der Waals surface area contributed by atoms with Crippen LogP contribution in [0.5, 0.6) is 0 Å². The van der Waals surface area contributed by atoms with Crippen molar-refractivity contribution < 1.29 is 0 Å². The van der Waals surface area contributed by atoms with E-state index in [0.29, 0.717) is 10.2 Å². The van der Waals surface area contributed by atoms with Crippen molar-refractivity contribution in [1.82, 2.24) is 4.98 Å². The first-order chi connectivity index (χ1) is 6.24. The molecule has 0 aromatic carbocycles. The van der Waals surface area contributed by atoms with Crippen molar-refractivity contribution >= 4 is 23.2 Å². The zero-order chi connectivity index (χ0) is 9.42. The molecular formula is C10H11Cl2N. The second-order valence-electron chi connectivity index (χ2n) is 3.33. The van der Waals surface area contributed by atoms with E-state index in [-0.39, 0.29) is 0 Å². The van der Waals surface area contributed by atoms with E-state index in [1.807, 2.05) is 0 Å². The lowest BCUT2D eigenvalue weighted by molar-refractivity contribution is 0.896. The summed E-state index contributed by atoms with van der Waals surface area (Å²) in [5, 5.41) is 1.13. The predicted octanol–water partition coefficient (Wildman–Crippen LogP) is 3.44. The molecule has 1 nitrogen and oxygen atoms in total. The highest BCUT2D eigenvalue weighted by molar-refractivity contribution is 6.41. The molecule has 0 saturated carbocycles. The molecule has 2 rings (SSSR count). The molecule has 0 N–H and O–H groups in total. The number of nitrogens with zero attached hydrogens (tertiary/aromatic N) is 1. The quantitative estimate of drug-likeness (QED) is 0.655. The van der Waals surface area contributed by atoms with Gasteiger partial charge in [0.15, 0.2) is 0 Å². The molecule has 0 saturated heterocycles. The van der Waals surface area contributed by atoms with E-state index < -0.39 is 0 Å². The number of pyridine rings is 1. The Kier molecular flexibility index (Phi) is 2.48. The minimum absolute atomic E-state index is 0.471. The molecule has 1 heterocycles. The summed E-state index contributed by atoms with van der Waals surface area (Å²) in [6.45, 7) is 2.11. The Hall–Kier alpha value is -0.270. The Morgan fingerprint density at radius 2 is 2.08 bits per heavy atom. The van der Waals surface area contributed by atoms with Crippen LogP contribution in [0.25, 0.3) is 0 Å². The summed E-state index contributed by atoms with van der Waals surface area (Å²) < 4.78 is 0. The van der Waals surface area contributed by atoms with Crippen molar-refractivity contribution in [2.75, 3.05) is 0 Å². The fourth-order valence-electron chi connectivity index (χ4n) is 1.97. The maximum absolute atomic E-state index is 6.08. The number of halogens is 2. The SMILES string of the molecule is CCc1c(Cl)c(Cl)nc2c1CCC2. The van der Waals surface area contributed by atoms with Gasteiger partial charge in [-0.1, -0.05) is 30.1 Å². The molecule has 1 aromatic heterocycles. The number of hydrogen-bond acceptors (Lipinski definition) is 1. The van der Waals surface area contributed by atoms with Crippen LogP contribution in [0.4, 0.5) is 0 Å². The second-order valence-corrected chi connectivity index (χ2v) is 4.06. The van der Waals surface area contributed by atoms with Gasteiger partial charge in [-0.25, -0.2) is 4.98 Å². The molecule has 3 heteroatoms. The highest BCUT2D eigenvalue weighted by Crippen LogP contribution is 2.33. The van der Waals surface area contributed by atoms with E-state index in [2.05, 4.69) is 11.9 Å². The number of rotatable bonds is 1. The van der Waals surface area contributed by atoms with E-state index in [9.17, 15) is 0 Å². The Labute approximate surface area is 88.1 Å². The first-order valence-electron chi connectivity index (χ1n) is 4.59. The predicted molar refractivity (Wildman–Crippen MR) is 55.7 cm³/mol. The van der Waals surface area contributed by atoms with Gasteiger partial charge in [0, 0.05) is 5.69 Å². The van der Waals surface area contributed by atoms with E-state index in [4.69, 9.17) is 23.2 Å². The van der Waals surface area contributed by atoms with E-state index in [1.165, 1.54) is 17.5 Å². The Morgan fingerprint density at radius 3 is 2.77 bits per heavy atom. The van der Waals surface area contributed by atoms with Crippen LogP contribution in [0.3, 0.4) is 0 Å². The fraction of sp³-hybridized carbons (Fsp3) is 0.500. The molecule has 0 radical (unpaired) electrons. The second kappa shape index (κ2) is 3.47. The summed E-state index contributed by atoms with van der Waals surface area (Å²) in [7, 11) is 0. The maximum atomic E-state index is 6.08. The lowest BCUT2D eigenvalue weighted by Gasteiger charge is -2.09. The molecule has 1 aliphatic carbocycles. The third-order valence-electron chi connectivity index (χ3n) is 2.59. The van der Waals surface area contributed by atoms with Gasteiger partial charge in [0.1, 0.15) is 5.15 Å². The van der Waals surface area contributed by atoms with Gasteiger partial charge in [-0.3, -0.25) is 0 Å². The van der Waals surface area contributed by atoms with Crippen LogP contribution in [-0.4, -0.2) is 4.98 Å². The van der Waals surface area contributed by atoms with Crippen LogP contribution in [-0.2, 0) is 19.3 Å². The van der Waals surface area contributed by atoms with Crippen molar-refractivity contribution in [3.8, 4) is 0 Å². The molecule has 0 unspecified atom stereocenters. The van der Waals surface area contributed by atoms with E-state index in [0.717, 1.165) is 25.0 Å². The van der Waals surface area contributed by atoms with Crippen molar-refractivity contribution in [3.63, 3.8) is 0 Å². The molecule has 1 aliphatic rings. The van der Waals surface area contributed by atoms with Gasteiger partial charge in [0.2, 0.25) is 0 Å². The molecule has 0 fully saturated rings. The van der Waals surface area contributed by atoms with Crippen LogP contribution < -0.4 is 0 Å². The molecular weight excluding hydrogens is 205 g/mol. The monoisotopic (exact) mass is 215 g/mol. The number of aryl methyl sites for hydroxylation is 1. The summed E-state index contributed by atoms with van der Waals surface area (Å²) in [6.07, 6.45) is 4.30. The molecule has 0 spiro atoms. The molecule has 1 aromatic rings. The van der Waals surface area contributed by atoms with Gasteiger partial charge in [0.25, 0.3) is 0 Å². The minimum atomic E-state index is 0.471. The summed E-state index contributed by atoms with van der Waals surface area (Å²) in [4.78, 5) is 4.30. The standard InChI is InChI=1S/C10H11Cl2N/c1-2-6-7-4-3-5-8(7)13-10(12)9(6)11/h2-5H2,1H3. The number of fused-ring (bicyclic) bond motifs is 1. The Morgan fingerprint density at radius 1 is 1.31 bits per heavy atom. The minimum Gasteiger partial charge on any atom is -0.239 e. The molecule has 0 bridgehead atoms. The van der Waals surface area contributed by atoms with Gasteiger partial charge in [-0.15, -0.1) is 0 Å². The smallest absolute Gasteiger partial charge is 0.148 e. The van der Waals surface area contributed by atoms with E-state index >= 15 is 0 Å². The summed E-state index contributed by atoms with van der Waals surface area (Å²) >= 11 is 12.0. The third kappa shape index (κ3) is 1.44. The van der Waals surface area contributed by atoms with E-state index in [1.54, 1.807) is 0 Å². The zero-order valence-electron chi connectivity index (χ0n) is 7.53. The molecule has 0 aliphatic heterocycles. The summed E-state index contributed by atoms with van der Waals surface area (Å²) in [5.74, 6) is 0. The van der Waals surface area contributed by atoms with Crippen molar-refractivity contribution in [2.24, 2.45) is 0 Å². The average molecular weight is 216 g/mol. The Bertz CT molecular complexity index is 347. The highest BCUT2D eigenvalue weighted by atomic mass is 35.5. The lowest BCUT2D eigenvalue weighted by Crippen LogP contribution is -1.97. The molecule has 70 valence electrons. The van der Waals surface area contributed by atoms with Gasteiger partial charge in [-0.2, -0.15) is 0 Å². The topological polar surface area (TPSA) is 12.9 Å². The fourth-order valence-corrected chi connectivity index (χ4v) is 2.48. The summed E-state index contributed by atoms with van der Waals surface area (Å²) in [6, 6.07) is 0. The first-order valence-corrected chi connectivity index (χ1v) is 5.35. The molecule has 13 heavy (non-hydrogen) atoms. The van der Waals surface area contributed by atoms with Gasteiger partial charge >= 0.3 is 0 Å². The van der Waals surface area contributed by atoms with Gasteiger partial charge in [0.05, 0.1) is 5.02 Å². The van der Waals surface area contributed by atoms with Crippen LogP contribution in [0.2, 0.25) is 10.2 Å². The highest BCUT2D eigenvalue weighted by Gasteiger charge is 2.19. The van der Waals surface area contributed by atoms with Crippen LogP contribution in [0.15, 0.2) is 0 Å². The van der Waals surface area contributed by atoms with Gasteiger partial charge in [-0.05, 0) is 36.8 Å². The summed E-state index contributed by atoms with van der Waals surface area (Å²) in [5.41, 5.74) is 3.71. The van der Waals surface area contributed by atoms with Crippen molar-refractivity contribution in [3.05, 3.63) is 27.0 Å². The van der Waals surface area contributed by atoms with Crippen LogP contribution in [0, 0.1) is 0 Å². The van der Waals surface area contributed by atoms with Crippen molar-refractivity contribution in [2.45, 2.75) is 32.6 Å². The maximum Gasteiger partial charge on any atom is 0.148 e. The number of hydrogen-bond donors (Lipinski definition) is 0. The lowest BCUT2D eigenvalue weighted by atomic mass is 10.1. The van der Waals surface area contributed by atoms with Crippen LogP contribution >= 0.6 is 23.2 Å². The van der Waals surface area contributed by atoms with Crippen molar-refractivity contribution in [1.29, 1.82) is 0 Å². The largest absolute Gasteiger partial charge is 0.239 e.